The SMILES string of the molecule is COc1ccc(N(C)c2nc(C)nc3ccccc23)cc1C(C)C(=O)O. The summed E-state index contributed by atoms with van der Waals surface area (Å²) in [5.41, 5.74) is 2.33. The van der Waals surface area contributed by atoms with Crippen molar-refractivity contribution in [1.29, 1.82) is 0 Å². The number of methoxy groups -OCH3 is 1. The average molecular weight is 351 g/mol. The van der Waals surface area contributed by atoms with E-state index in [9.17, 15) is 9.90 Å². The number of aromatic nitrogens is 2. The van der Waals surface area contributed by atoms with Gasteiger partial charge in [-0.3, -0.25) is 4.79 Å². The van der Waals surface area contributed by atoms with E-state index >= 15 is 0 Å². The van der Waals surface area contributed by atoms with E-state index in [2.05, 4.69) is 9.97 Å². The molecule has 3 rings (SSSR count). The van der Waals surface area contributed by atoms with Crippen molar-refractivity contribution in [3.8, 4) is 5.75 Å². The zero-order valence-corrected chi connectivity index (χ0v) is 15.2. The third-order valence-corrected chi connectivity index (χ3v) is 4.45. The molecule has 6 nitrogen and oxygen atoms in total. The van der Waals surface area contributed by atoms with Gasteiger partial charge >= 0.3 is 5.97 Å². The molecule has 0 spiro atoms. The van der Waals surface area contributed by atoms with E-state index in [0.717, 1.165) is 22.4 Å². The number of carbonyl (C=O) groups is 1. The van der Waals surface area contributed by atoms with Crippen molar-refractivity contribution >= 4 is 28.4 Å². The number of anilines is 2. The third-order valence-electron chi connectivity index (χ3n) is 4.45. The van der Waals surface area contributed by atoms with Crippen LogP contribution in [0.4, 0.5) is 11.5 Å². The van der Waals surface area contributed by atoms with Crippen LogP contribution in [0.1, 0.15) is 24.2 Å². The number of ether oxygens (including phenoxy) is 1. The Morgan fingerprint density at radius 1 is 1.19 bits per heavy atom. The van der Waals surface area contributed by atoms with Crippen LogP contribution in [0.2, 0.25) is 0 Å². The van der Waals surface area contributed by atoms with Crippen molar-refractivity contribution < 1.29 is 14.6 Å². The number of carboxylic acids is 1. The molecule has 6 heteroatoms. The van der Waals surface area contributed by atoms with E-state index in [-0.39, 0.29) is 0 Å². The second-order valence-corrected chi connectivity index (χ2v) is 6.16. The monoisotopic (exact) mass is 351 g/mol. The first-order valence-electron chi connectivity index (χ1n) is 8.30. The molecule has 0 saturated carbocycles. The van der Waals surface area contributed by atoms with Crippen LogP contribution in [0.5, 0.6) is 5.75 Å². The maximum Gasteiger partial charge on any atom is 0.310 e. The highest BCUT2D eigenvalue weighted by Crippen LogP contribution is 2.34. The van der Waals surface area contributed by atoms with Crippen LogP contribution < -0.4 is 9.64 Å². The largest absolute Gasteiger partial charge is 0.496 e. The molecule has 0 radical (unpaired) electrons. The van der Waals surface area contributed by atoms with Gasteiger partial charge in [0.05, 0.1) is 18.5 Å². The van der Waals surface area contributed by atoms with Crippen LogP contribution in [0, 0.1) is 6.92 Å². The van der Waals surface area contributed by atoms with Gasteiger partial charge in [0.25, 0.3) is 0 Å². The molecule has 1 heterocycles. The summed E-state index contributed by atoms with van der Waals surface area (Å²) in [6, 6.07) is 13.3. The first kappa shape index (κ1) is 17.7. The molecular weight excluding hydrogens is 330 g/mol. The number of rotatable bonds is 5. The number of carboxylic acid groups (broad SMARTS) is 1. The molecule has 1 N–H and O–H groups in total. The van der Waals surface area contributed by atoms with Crippen molar-refractivity contribution in [2.75, 3.05) is 19.1 Å². The maximum atomic E-state index is 11.4. The number of aliphatic carboxylic acids is 1. The Hall–Kier alpha value is -3.15. The highest BCUT2D eigenvalue weighted by molar-refractivity contribution is 5.91. The molecule has 0 fully saturated rings. The molecule has 1 unspecified atom stereocenters. The normalized spacial score (nSPS) is 12.0. The zero-order valence-electron chi connectivity index (χ0n) is 15.2. The van der Waals surface area contributed by atoms with Crippen LogP contribution >= 0.6 is 0 Å². The number of hydrogen-bond acceptors (Lipinski definition) is 5. The Morgan fingerprint density at radius 2 is 1.92 bits per heavy atom. The molecule has 0 bridgehead atoms. The summed E-state index contributed by atoms with van der Waals surface area (Å²) in [6.45, 7) is 3.50. The van der Waals surface area contributed by atoms with Gasteiger partial charge in [0.1, 0.15) is 17.4 Å². The number of fused-ring (bicyclic) bond motifs is 1. The van der Waals surface area contributed by atoms with Gasteiger partial charge in [-0.05, 0) is 44.2 Å². The fourth-order valence-electron chi connectivity index (χ4n) is 2.95. The quantitative estimate of drug-likeness (QED) is 0.751. The lowest BCUT2D eigenvalue weighted by Gasteiger charge is -2.22. The highest BCUT2D eigenvalue weighted by Gasteiger charge is 2.20. The van der Waals surface area contributed by atoms with Gasteiger partial charge in [-0.1, -0.05) is 12.1 Å². The summed E-state index contributed by atoms with van der Waals surface area (Å²) < 4.78 is 5.34. The van der Waals surface area contributed by atoms with Crippen LogP contribution in [0.15, 0.2) is 42.5 Å². The van der Waals surface area contributed by atoms with Gasteiger partial charge in [-0.25, -0.2) is 9.97 Å². The van der Waals surface area contributed by atoms with Gasteiger partial charge < -0.3 is 14.7 Å². The minimum absolute atomic E-state index is 0.556. The summed E-state index contributed by atoms with van der Waals surface area (Å²) in [6.07, 6.45) is 0. The Bertz CT molecular complexity index is 972. The van der Waals surface area contributed by atoms with Gasteiger partial charge in [0, 0.05) is 23.7 Å². The molecule has 0 amide bonds. The van der Waals surface area contributed by atoms with E-state index in [4.69, 9.17) is 4.74 Å². The number of para-hydroxylation sites is 1. The summed E-state index contributed by atoms with van der Waals surface area (Å²) in [5.74, 6) is 0.430. The molecule has 1 atom stereocenters. The van der Waals surface area contributed by atoms with Crippen LogP contribution in [0.25, 0.3) is 10.9 Å². The fraction of sp³-hybridized carbons (Fsp3) is 0.250. The summed E-state index contributed by atoms with van der Waals surface area (Å²) in [5, 5.41) is 10.3. The van der Waals surface area contributed by atoms with Crippen molar-refractivity contribution in [1.82, 2.24) is 9.97 Å². The van der Waals surface area contributed by atoms with E-state index < -0.39 is 11.9 Å². The lowest BCUT2D eigenvalue weighted by molar-refractivity contribution is -0.138. The second-order valence-electron chi connectivity index (χ2n) is 6.16. The van der Waals surface area contributed by atoms with Crippen molar-refractivity contribution in [2.45, 2.75) is 19.8 Å². The maximum absolute atomic E-state index is 11.4. The standard InChI is InChI=1S/C20H21N3O3/c1-12(20(24)25)16-11-14(9-10-18(16)26-4)23(3)19-15-7-5-6-8-17(15)21-13(2)22-19/h5-12H,1-4H3,(H,24,25). The molecular formula is C20H21N3O3. The second kappa shape index (κ2) is 7.00. The lowest BCUT2D eigenvalue weighted by Crippen LogP contribution is -2.15. The Kier molecular flexibility index (Phi) is 4.75. The molecule has 26 heavy (non-hydrogen) atoms. The Labute approximate surface area is 152 Å². The van der Waals surface area contributed by atoms with Crippen molar-refractivity contribution in [3.05, 3.63) is 53.9 Å². The van der Waals surface area contributed by atoms with E-state index in [1.807, 2.05) is 55.3 Å². The highest BCUT2D eigenvalue weighted by atomic mass is 16.5. The predicted octanol–water partition coefficient (Wildman–Crippen LogP) is 3.90. The smallest absolute Gasteiger partial charge is 0.310 e. The molecule has 2 aromatic carbocycles. The predicted molar refractivity (Wildman–Crippen MR) is 101 cm³/mol. The number of nitrogens with zero attached hydrogens (tertiary/aromatic N) is 3. The van der Waals surface area contributed by atoms with Crippen LogP contribution in [0.3, 0.4) is 0 Å². The van der Waals surface area contributed by atoms with Crippen LogP contribution in [-0.4, -0.2) is 35.2 Å². The molecule has 0 aliphatic heterocycles. The molecule has 134 valence electrons. The van der Waals surface area contributed by atoms with Crippen molar-refractivity contribution in [3.63, 3.8) is 0 Å². The fourth-order valence-corrected chi connectivity index (χ4v) is 2.95. The van der Waals surface area contributed by atoms with Gasteiger partial charge in [0.2, 0.25) is 0 Å². The minimum atomic E-state index is -0.897. The summed E-state index contributed by atoms with van der Waals surface area (Å²) in [4.78, 5) is 22.5. The molecule has 0 aliphatic rings. The average Bonchev–Trinajstić information content (AvgIpc) is 2.65. The topological polar surface area (TPSA) is 75.5 Å². The Balaban J connectivity index is 2.13. The number of benzene rings is 2. The first-order valence-corrected chi connectivity index (χ1v) is 8.30. The van der Waals surface area contributed by atoms with Crippen molar-refractivity contribution in [2.24, 2.45) is 0 Å². The van der Waals surface area contributed by atoms with E-state index in [1.54, 1.807) is 13.0 Å². The van der Waals surface area contributed by atoms with Gasteiger partial charge in [-0.2, -0.15) is 0 Å². The molecule has 0 saturated heterocycles. The number of aryl methyl sites for hydroxylation is 1. The van der Waals surface area contributed by atoms with Crippen LogP contribution in [-0.2, 0) is 4.79 Å². The molecule has 0 aliphatic carbocycles. The van der Waals surface area contributed by atoms with E-state index in [0.29, 0.717) is 17.1 Å². The molecule has 1 aromatic heterocycles. The number of hydrogen-bond donors (Lipinski definition) is 1. The molecule has 3 aromatic rings. The van der Waals surface area contributed by atoms with Gasteiger partial charge in [-0.15, -0.1) is 0 Å². The van der Waals surface area contributed by atoms with Gasteiger partial charge in [0.15, 0.2) is 0 Å². The third kappa shape index (κ3) is 3.18. The minimum Gasteiger partial charge on any atom is -0.496 e. The lowest BCUT2D eigenvalue weighted by atomic mass is 9.99. The van der Waals surface area contributed by atoms with E-state index in [1.165, 1.54) is 7.11 Å². The first-order chi connectivity index (χ1) is 12.4. The zero-order chi connectivity index (χ0) is 18.8. The summed E-state index contributed by atoms with van der Waals surface area (Å²) in [7, 11) is 3.45. The summed E-state index contributed by atoms with van der Waals surface area (Å²) >= 11 is 0. The Morgan fingerprint density at radius 3 is 2.62 bits per heavy atom.